The van der Waals surface area contributed by atoms with E-state index in [1.165, 1.54) is 29.2 Å². The molecule has 0 radical (unpaired) electrons. The van der Waals surface area contributed by atoms with Gasteiger partial charge in [0.15, 0.2) is 5.96 Å². The fraction of sp³-hybridized carbons (Fsp3) is 0.238. The van der Waals surface area contributed by atoms with Gasteiger partial charge in [-0.25, -0.2) is 13.1 Å². The number of hydrogen-bond donors (Lipinski definition) is 3. The summed E-state index contributed by atoms with van der Waals surface area (Å²) in [7, 11) is -1.88. The van der Waals surface area contributed by atoms with Gasteiger partial charge in [0.05, 0.1) is 6.04 Å². The molecule has 0 amide bonds. The predicted molar refractivity (Wildman–Crippen MR) is 116 cm³/mol. The lowest BCUT2D eigenvalue weighted by atomic mass is 10.0. The van der Waals surface area contributed by atoms with Crippen molar-refractivity contribution in [3.05, 3.63) is 72.6 Å². The van der Waals surface area contributed by atoms with Crippen LogP contribution in [-0.4, -0.2) is 39.5 Å². The second-order valence-corrected chi connectivity index (χ2v) is 8.33. The van der Waals surface area contributed by atoms with Crippen molar-refractivity contribution in [1.82, 2.24) is 20.3 Å². The monoisotopic (exact) mass is 411 g/mol. The molecule has 1 unspecified atom stereocenters. The number of guanidine groups is 1. The number of fused-ring (bicyclic) bond motifs is 1. The van der Waals surface area contributed by atoms with Gasteiger partial charge in [0.1, 0.15) is 4.90 Å². The highest BCUT2D eigenvalue weighted by atomic mass is 32.2. The van der Waals surface area contributed by atoms with Crippen LogP contribution in [0.25, 0.3) is 10.8 Å². The summed E-state index contributed by atoms with van der Waals surface area (Å²) in [5.41, 5.74) is 1.14. The van der Waals surface area contributed by atoms with Gasteiger partial charge in [0.2, 0.25) is 10.0 Å². The zero-order valence-corrected chi connectivity index (χ0v) is 17.3. The first-order chi connectivity index (χ1) is 14.0. The summed E-state index contributed by atoms with van der Waals surface area (Å²) in [4.78, 5) is 8.20. The fourth-order valence-electron chi connectivity index (χ4n) is 2.92. The SMILES string of the molecule is CN=C(NCCNS(=O)(=O)c1cccnc1)NC(C)c1ccc2ccccc2c1. The molecule has 0 aliphatic rings. The number of pyridine rings is 1. The third-order valence-electron chi connectivity index (χ3n) is 4.50. The fourth-order valence-corrected chi connectivity index (χ4v) is 3.91. The van der Waals surface area contributed by atoms with Crippen LogP contribution in [0.15, 0.2) is 76.9 Å². The summed E-state index contributed by atoms with van der Waals surface area (Å²) in [5, 5.41) is 8.84. The molecule has 3 N–H and O–H groups in total. The Morgan fingerprint density at radius 3 is 2.59 bits per heavy atom. The Morgan fingerprint density at radius 1 is 1.07 bits per heavy atom. The third kappa shape index (κ3) is 5.52. The highest BCUT2D eigenvalue weighted by Crippen LogP contribution is 2.20. The van der Waals surface area contributed by atoms with E-state index < -0.39 is 10.0 Å². The molecule has 0 saturated heterocycles. The molecule has 0 aliphatic heterocycles. The van der Waals surface area contributed by atoms with Crippen LogP contribution in [0, 0.1) is 0 Å². The highest BCUT2D eigenvalue weighted by Gasteiger charge is 2.13. The minimum atomic E-state index is -3.56. The maximum atomic E-state index is 12.2. The number of sulfonamides is 1. The first kappa shape index (κ1) is 20.8. The van der Waals surface area contributed by atoms with Gasteiger partial charge in [-0.1, -0.05) is 36.4 Å². The second kappa shape index (κ2) is 9.49. The topological polar surface area (TPSA) is 95.5 Å². The van der Waals surface area contributed by atoms with E-state index >= 15 is 0 Å². The van der Waals surface area contributed by atoms with Crippen molar-refractivity contribution >= 4 is 26.8 Å². The first-order valence-corrected chi connectivity index (χ1v) is 10.8. The van der Waals surface area contributed by atoms with Gasteiger partial charge >= 0.3 is 0 Å². The number of aromatic nitrogens is 1. The van der Waals surface area contributed by atoms with Crippen molar-refractivity contribution in [2.24, 2.45) is 4.99 Å². The Morgan fingerprint density at radius 2 is 1.86 bits per heavy atom. The van der Waals surface area contributed by atoms with Gasteiger partial charge in [0, 0.05) is 32.5 Å². The predicted octanol–water partition coefficient (Wildman–Crippen LogP) is 2.44. The number of nitrogens with zero attached hydrogens (tertiary/aromatic N) is 2. The minimum Gasteiger partial charge on any atom is -0.355 e. The van der Waals surface area contributed by atoms with Crippen LogP contribution in [-0.2, 0) is 10.0 Å². The lowest BCUT2D eigenvalue weighted by Gasteiger charge is -2.19. The van der Waals surface area contributed by atoms with Gasteiger partial charge in [-0.05, 0) is 41.5 Å². The molecule has 7 nitrogen and oxygen atoms in total. The van der Waals surface area contributed by atoms with Crippen molar-refractivity contribution in [1.29, 1.82) is 0 Å². The highest BCUT2D eigenvalue weighted by molar-refractivity contribution is 7.89. The van der Waals surface area contributed by atoms with Crippen molar-refractivity contribution in [3.8, 4) is 0 Å². The molecule has 0 bridgehead atoms. The minimum absolute atomic E-state index is 0.0397. The van der Waals surface area contributed by atoms with Crippen LogP contribution in [0.4, 0.5) is 0 Å². The lowest BCUT2D eigenvalue weighted by molar-refractivity contribution is 0.579. The molecule has 152 valence electrons. The summed E-state index contributed by atoms with van der Waals surface area (Å²) in [6.07, 6.45) is 2.86. The van der Waals surface area contributed by atoms with E-state index in [1.807, 2.05) is 12.1 Å². The summed E-state index contributed by atoms with van der Waals surface area (Å²) in [5.74, 6) is 0.603. The zero-order chi connectivity index (χ0) is 20.7. The van der Waals surface area contributed by atoms with Crippen molar-refractivity contribution in [2.75, 3.05) is 20.1 Å². The summed E-state index contributed by atoms with van der Waals surface area (Å²) in [6, 6.07) is 17.7. The van der Waals surface area contributed by atoms with Crippen LogP contribution in [0.5, 0.6) is 0 Å². The van der Waals surface area contributed by atoms with E-state index in [4.69, 9.17) is 0 Å². The van der Waals surface area contributed by atoms with E-state index in [2.05, 4.69) is 62.6 Å². The molecule has 1 aromatic heterocycles. The molecule has 0 aliphatic carbocycles. The third-order valence-corrected chi connectivity index (χ3v) is 5.95. The van der Waals surface area contributed by atoms with Crippen molar-refractivity contribution < 1.29 is 8.42 Å². The first-order valence-electron chi connectivity index (χ1n) is 9.35. The Labute approximate surface area is 171 Å². The molecule has 2 aromatic carbocycles. The molecular formula is C21H25N5O2S. The van der Waals surface area contributed by atoms with Crippen LogP contribution in [0.2, 0.25) is 0 Å². The Hall–Kier alpha value is -2.97. The molecule has 0 fully saturated rings. The molecule has 3 rings (SSSR count). The van der Waals surface area contributed by atoms with Gasteiger partial charge in [-0.15, -0.1) is 0 Å². The van der Waals surface area contributed by atoms with Gasteiger partial charge < -0.3 is 10.6 Å². The molecule has 1 heterocycles. The average Bonchev–Trinajstić information content (AvgIpc) is 2.76. The normalized spacial score (nSPS) is 13.2. The van der Waals surface area contributed by atoms with Crippen LogP contribution < -0.4 is 15.4 Å². The van der Waals surface area contributed by atoms with Gasteiger partial charge in [-0.2, -0.15) is 0 Å². The van der Waals surface area contributed by atoms with E-state index in [1.54, 1.807) is 13.1 Å². The summed E-state index contributed by atoms with van der Waals surface area (Å²) < 4.78 is 26.9. The van der Waals surface area contributed by atoms with E-state index in [9.17, 15) is 8.42 Å². The summed E-state index contributed by atoms with van der Waals surface area (Å²) >= 11 is 0. The van der Waals surface area contributed by atoms with Gasteiger partial charge in [-0.3, -0.25) is 9.98 Å². The number of hydrogen-bond acceptors (Lipinski definition) is 4. The standard InChI is InChI=1S/C21H25N5O2S/c1-16(18-10-9-17-6-3-4-7-19(17)14-18)26-21(22-2)24-12-13-25-29(27,28)20-8-5-11-23-15-20/h3-11,14-16,25H,12-13H2,1-2H3,(H2,22,24,26). The van der Waals surface area contributed by atoms with Crippen LogP contribution >= 0.6 is 0 Å². The van der Waals surface area contributed by atoms with Gasteiger partial charge in [0.25, 0.3) is 0 Å². The quantitative estimate of drug-likeness (QED) is 0.315. The molecule has 29 heavy (non-hydrogen) atoms. The lowest BCUT2D eigenvalue weighted by Crippen LogP contribution is -2.42. The summed E-state index contributed by atoms with van der Waals surface area (Å²) in [6.45, 7) is 2.67. The number of aliphatic imine (C=N–C) groups is 1. The Balaban J connectivity index is 1.52. The number of benzene rings is 2. The average molecular weight is 412 g/mol. The maximum Gasteiger partial charge on any atom is 0.242 e. The Kier molecular flexibility index (Phi) is 6.79. The maximum absolute atomic E-state index is 12.2. The molecule has 0 spiro atoms. The zero-order valence-electron chi connectivity index (χ0n) is 16.5. The van der Waals surface area contributed by atoms with E-state index in [0.717, 1.165) is 5.56 Å². The molecule has 3 aromatic rings. The molecule has 8 heteroatoms. The largest absolute Gasteiger partial charge is 0.355 e. The van der Waals surface area contributed by atoms with Crippen LogP contribution in [0.3, 0.4) is 0 Å². The number of rotatable bonds is 7. The van der Waals surface area contributed by atoms with Crippen LogP contribution in [0.1, 0.15) is 18.5 Å². The smallest absolute Gasteiger partial charge is 0.242 e. The van der Waals surface area contributed by atoms with Crippen molar-refractivity contribution in [3.63, 3.8) is 0 Å². The second-order valence-electron chi connectivity index (χ2n) is 6.56. The molecule has 0 saturated carbocycles. The van der Waals surface area contributed by atoms with E-state index in [-0.39, 0.29) is 17.5 Å². The molecular weight excluding hydrogens is 386 g/mol. The molecule has 1 atom stereocenters. The number of nitrogens with one attached hydrogen (secondary N) is 3. The Bertz CT molecular complexity index is 1080. The van der Waals surface area contributed by atoms with Crippen molar-refractivity contribution in [2.45, 2.75) is 17.9 Å². The van der Waals surface area contributed by atoms with E-state index in [0.29, 0.717) is 12.5 Å².